The first-order chi connectivity index (χ1) is 23.3. The number of furan rings is 1. The van der Waals surface area contributed by atoms with E-state index < -0.39 is 0 Å². The van der Waals surface area contributed by atoms with Crippen molar-refractivity contribution >= 4 is 82.4 Å². The first-order valence-electron chi connectivity index (χ1n) is 16.0. The van der Waals surface area contributed by atoms with Crippen molar-refractivity contribution in [2.45, 2.75) is 0 Å². The van der Waals surface area contributed by atoms with Crippen LogP contribution in [0.2, 0.25) is 0 Å². The molecule has 0 saturated carbocycles. The highest BCUT2D eigenvalue weighted by molar-refractivity contribution is 6.16. The van der Waals surface area contributed by atoms with Gasteiger partial charge in [-0.2, -0.15) is 0 Å². The summed E-state index contributed by atoms with van der Waals surface area (Å²) in [6.07, 6.45) is 0. The largest absolute Gasteiger partial charge is 0.454 e. The zero-order valence-corrected chi connectivity index (χ0v) is 25.5. The maximum Gasteiger partial charge on any atom is 0.159 e. The molecule has 10 rings (SSSR count). The van der Waals surface area contributed by atoms with Crippen LogP contribution >= 0.6 is 0 Å². The lowest BCUT2D eigenvalue weighted by molar-refractivity contribution is 0.669. The Kier molecular flexibility index (Phi) is 5.57. The number of aromatic nitrogens is 1. The number of benzene rings is 8. The van der Waals surface area contributed by atoms with Crippen molar-refractivity contribution in [1.29, 1.82) is 0 Å². The average Bonchev–Trinajstić information content (AvgIpc) is 3.65. The Morgan fingerprint density at radius 1 is 0.404 bits per heavy atom. The van der Waals surface area contributed by atoms with E-state index in [1.807, 2.05) is 0 Å². The predicted octanol–water partition coefficient (Wildman–Crippen LogP) is 12.5. The van der Waals surface area contributed by atoms with Gasteiger partial charge in [0.15, 0.2) is 5.58 Å². The van der Waals surface area contributed by atoms with Crippen molar-refractivity contribution in [2.75, 3.05) is 4.90 Å². The van der Waals surface area contributed by atoms with Gasteiger partial charge in [-0.1, -0.05) is 103 Å². The van der Waals surface area contributed by atoms with Crippen LogP contribution in [0.1, 0.15) is 0 Å². The van der Waals surface area contributed by atoms with Crippen LogP contribution in [0.3, 0.4) is 0 Å². The first kappa shape index (κ1) is 26.0. The summed E-state index contributed by atoms with van der Waals surface area (Å²) >= 11 is 0. The molecule has 47 heavy (non-hydrogen) atoms. The maximum atomic E-state index is 6.74. The first-order valence-corrected chi connectivity index (χ1v) is 16.0. The summed E-state index contributed by atoms with van der Waals surface area (Å²) in [5, 5.41) is 9.55. The van der Waals surface area contributed by atoms with Gasteiger partial charge < -0.3 is 13.9 Å². The van der Waals surface area contributed by atoms with Gasteiger partial charge in [0.1, 0.15) is 5.58 Å². The van der Waals surface area contributed by atoms with E-state index >= 15 is 0 Å². The zero-order chi connectivity index (χ0) is 30.9. The molecular weight excluding hydrogens is 572 g/mol. The van der Waals surface area contributed by atoms with Crippen LogP contribution in [0, 0.1) is 0 Å². The van der Waals surface area contributed by atoms with Crippen molar-refractivity contribution in [3.8, 4) is 5.69 Å². The third-order valence-electron chi connectivity index (χ3n) is 9.49. The van der Waals surface area contributed by atoms with E-state index in [2.05, 4.69) is 179 Å². The molecule has 0 radical (unpaired) electrons. The number of rotatable bonds is 4. The molecule has 0 atom stereocenters. The summed E-state index contributed by atoms with van der Waals surface area (Å²) in [4.78, 5) is 2.33. The van der Waals surface area contributed by atoms with Gasteiger partial charge >= 0.3 is 0 Å². The van der Waals surface area contributed by atoms with Gasteiger partial charge in [-0.3, -0.25) is 0 Å². The molecular formula is C44H28N2O. The van der Waals surface area contributed by atoms with Crippen LogP contribution in [0.5, 0.6) is 0 Å². The van der Waals surface area contributed by atoms with Gasteiger partial charge in [-0.25, -0.2) is 0 Å². The van der Waals surface area contributed by atoms with E-state index in [0.29, 0.717) is 0 Å². The molecule has 0 aliphatic heterocycles. The van der Waals surface area contributed by atoms with E-state index in [4.69, 9.17) is 4.42 Å². The Bertz CT molecular complexity index is 2790. The van der Waals surface area contributed by atoms with Gasteiger partial charge in [-0.15, -0.1) is 0 Å². The third-order valence-corrected chi connectivity index (χ3v) is 9.49. The number of hydrogen-bond donors (Lipinski definition) is 0. The number of hydrogen-bond acceptors (Lipinski definition) is 2. The quantitative estimate of drug-likeness (QED) is 0.200. The number of fused-ring (bicyclic) bond motifs is 8. The lowest BCUT2D eigenvalue weighted by atomic mass is 10.0. The van der Waals surface area contributed by atoms with E-state index in [1.165, 1.54) is 37.8 Å². The van der Waals surface area contributed by atoms with E-state index in [0.717, 1.165) is 50.2 Å². The minimum Gasteiger partial charge on any atom is -0.454 e. The van der Waals surface area contributed by atoms with E-state index in [-0.39, 0.29) is 0 Å². The summed E-state index contributed by atoms with van der Waals surface area (Å²) in [6, 6.07) is 60.8. The topological polar surface area (TPSA) is 21.3 Å². The van der Waals surface area contributed by atoms with Crippen LogP contribution in [0.25, 0.3) is 71.0 Å². The second-order valence-corrected chi connectivity index (χ2v) is 12.2. The molecule has 2 aromatic heterocycles. The van der Waals surface area contributed by atoms with Crippen molar-refractivity contribution in [3.63, 3.8) is 0 Å². The molecule has 2 heterocycles. The second-order valence-electron chi connectivity index (χ2n) is 12.2. The van der Waals surface area contributed by atoms with Crippen LogP contribution in [-0.2, 0) is 0 Å². The molecule has 0 amide bonds. The van der Waals surface area contributed by atoms with Crippen molar-refractivity contribution < 1.29 is 4.42 Å². The maximum absolute atomic E-state index is 6.74. The minimum atomic E-state index is 0.872. The van der Waals surface area contributed by atoms with Crippen molar-refractivity contribution in [1.82, 2.24) is 4.57 Å². The molecule has 8 aromatic carbocycles. The number of para-hydroxylation sites is 3. The molecule has 3 nitrogen and oxygen atoms in total. The number of nitrogens with zero attached hydrogens (tertiary/aromatic N) is 2. The highest BCUT2D eigenvalue weighted by Gasteiger charge is 2.21. The van der Waals surface area contributed by atoms with Crippen molar-refractivity contribution in [3.05, 3.63) is 170 Å². The van der Waals surface area contributed by atoms with Gasteiger partial charge in [0.25, 0.3) is 0 Å². The van der Waals surface area contributed by atoms with Gasteiger partial charge in [0.2, 0.25) is 0 Å². The Morgan fingerprint density at radius 2 is 1.02 bits per heavy atom. The summed E-state index contributed by atoms with van der Waals surface area (Å²) in [6.45, 7) is 0. The zero-order valence-electron chi connectivity index (χ0n) is 25.5. The molecule has 0 N–H and O–H groups in total. The third kappa shape index (κ3) is 4.00. The molecule has 0 saturated heterocycles. The van der Waals surface area contributed by atoms with Gasteiger partial charge in [0, 0.05) is 38.6 Å². The lowest BCUT2D eigenvalue weighted by Gasteiger charge is -2.25. The minimum absolute atomic E-state index is 0.872. The van der Waals surface area contributed by atoms with E-state index in [1.54, 1.807) is 0 Å². The summed E-state index contributed by atoms with van der Waals surface area (Å²) < 4.78 is 9.14. The Balaban J connectivity index is 1.27. The fourth-order valence-electron chi connectivity index (χ4n) is 7.33. The second kappa shape index (κ2) is 10.1. The van der Waals surface area contributed by atoms with Crippen LogP contribution in [0.4, 0.5) is 17.1 Å². The molecule has 3 heteroatoms. The summed E-state index contributed by atoms with van der Waals surface area (Å²) in [7, 11) is 0. The monoisotopic (exact) mass is 600 g/mol. The fraction of sp³-hybridized carbons (Fsp3) is 0. The highest BCUT2D eigenvalue weighted by atomic mass is 16.3. The molecule has 0 unspecified atom stereocenters. The molecule has 0 fully saturated rings. The molecule has 0 aliphatic carbocycles. The molecule has 10 aromatic rings. The normalized spacial score (nSPS) is 11.8. The smallest absolute Gasteiger partial charge is 0.159 e. The molecule has 0 spiro atoms. The highest BCUT2D eigenvalue weighted by Crippen LogP contribution is 2.44. The van der Waals surface area contributed by atoms with E-state index in [9.17, 15) is 0 Å². The summed E-state index contributed by atoms with van der Waals surface area (Å²) in [5.74, 6) is 0. The Morgan fingerprint density at radius 3 is 1.77 bits per heavy atom. The summed E-state index contributed by atoms with van der Waals surface area (Å²) in [5.41, 5.74) is 8.38. The Labute approximate surface area is 271 Å². The lowest BCUT2D eigenvalue weighted by Crippen LogP contribution is -2.10. The average molecular weight is 601 g/mol. The van der Waals surface area contributed by atoms with Crippen LogP contribution in [-0.4, -0.2) is 4.57 Å². The standard InChI is InChI=1S/C44H28N2O/c1-3-16-33(17-4-1)45(40-21-11-20-37-39-25-30-13-8-10-15-32(30)27-43(39)47-44(37)40)35-22-23-36-38-24-29-12-7-9-14-31(29)26-41(38)46(42(36)28-35)34-18-5-2-6-19-34/h1-28H. The SMILES string of the molecule is c1ccc(N(c2ccc3c4cc5ccccc5cc4n(-c4ccccc4)c3c2)c2cccc3c2oc2cc4ccccc4cc23)cc1. The molecule has 0 bridgehead atoms. The predicted molar refractivity (Wildman–Crippen MR) is 198 cm³/mol. The molecule has 220 valence electrons. The van der Waals surface area contributed by atoms with Gasteiger partial charge in [-0.05, 0) is 88.3 Å². The Hall–Kier alpha value is -6.32. The van der Waals surface area contributed by atoms with Crippen LogP contribution in [0.15, 0.2) is 174 Å². The van der Waals surface area contributed by atoms with Gasteiger partial charge in [0.05, 0.1) is 16.7 Å². The molecule has 0 aliphatic rings. The van der Waals surface area contributed by atoms with Crippen LogP contribution < -0.4 is 4.90 Å². The van der Waals surface area contributed by atoms with Crippen molar-refractivity contribution in [2.24, 2.45) is 0 Å². The fourth-order valence-corrected chi connectivity index (χ4v) is 7.33. The number of anilines is 3.